The number of carbonyl (C=O) groups is 2. The molecule has 2 N–H and O–H groups in total. The van der Waals surface area contributed by atoms with Gasteiger partial charge in [0.1, 0.15) is 6.04 Å². The minimum absolute atomic E-state index is 0.220. The van der Waals surface area contributed by atoms with Crippen molar-refractivity contribution in [3.05, 3.63) is 0 Å². The van der Waals surface area contributed by atoms with Crippen LogP contribution in [0.2, 0.25) is 0 Å². The molecule has 0 radical (unpaired) electrons. The largest absolute Gasteiger partial charge is 0.480 e. The van der Waals surface area contributed by atoms with Crippen molar-refractivity contribution in [1.82, 2.24) is 10.2 Å². The Labute approximate surface area is 105 Å². The van der Waals surface area contributed by atoms with Gasteiger partial charge in [-0.15, -0.1) is 11.8 Å². The van der Waals surface area contributed by atoms with Gasteiger partial charge in [0.15, 0.2) is 0 Å². The molecule has 96 valence electrons. The number of hydrogen-bond donors (Lipinski definition) is 2. The number of amides is 2. The Morgan fingerprint density at radius 1 is 1.41 bits per heavy atom. The Balaban J connectivity index is 1.89. The van der Waals surface area contributed by atoms with E-state index < -0.39 is 12.0 Å². The number of urea groups is 1. The second kappa shape index (κ2) is 5.16. The van der Waals surface area contributed by atoms with Crippen LogP contribution in [-0.4, -0.2) is 45.7 Å². The Morgan fingerprint density at radius 3 is 2.76 bits per heavy atom. The highest BCUT2D eigenvalue weighted by molar-refractivity contribution is 7.99. The molecule has 2 amide bonds. The lowest BCUT2D eigenvalue weighted by Gasteiger charge is -2.23. The highest BCUT2D eigenvalue weighted by atomic mass is 32.2. The summed E-state index contributed by atoms with van der Waals surface area (Å²) in [7, 11) is 0. The van der Waals surface area contributed by atoms with E-state index in [0.717, 1.165) is 19.3 Å². The molecule has 5 nitrogen and oxygen atoms in total. The van der Waals surface area contributed by atoms with Gasteiger partial charge in [0.05, 0.1) is 5.88 Å². The number of thioether (sulfide) groups is 1. The normalized spacial score (nSPS) is 32.8. The summed E-state index contributed by atoms with van der Waals surface area (Å²) >= 11 is 1.49. The fourth-order valence-electron chi connectivity index (χ4n) is 2.44. The molecule has 1 aliphatic carbocycles. The van der Waals surface area contributed by atoms with Gasteiger partial charge in [-0.25, -0.2) is 9.59 Å². The number of nitrogens with zero attached hydrogens (tertiary/aromatic N) is 1. The third kappa shape index (κ3) is 2.86. The SMILES string of the molecule is CC1CCC(NC(=O)N2CSC[C@H]2C(=O)O)C1. The van der Waals surface area contributed by atoms with Crippen molar-refractivity contribution >= 4 is 23.8 Å². The lowest BCUT2D eigenvalue weighted by molar-refractivity contribution is -0.140. The van der Waals surface area contributed by atoms with Gasteiger partial charge in [0, 0.05) is 11.8 Å². The first-order valence-corrected chi connectivity index (χ1v) is 7.11. The molecule has 1 saturated carbocycles. The summed E-state index contributed by atoms with van der Waals surface area (Å²) in [6.45, 7) is 2.18. The molecule has 3 atom stereocenters. The molecule has 6 heteroatoms. The Kier molecular flexibility index (Phi) is 3.81. The van der Waals surface area contributed by atoms with E-state index in [2.05, 4.69) is 12.2 Å². The summed E-state index contributed by atoms with van der Waals surface area (Å²) in [6.07, 6.45) is 3.15. The van der Waals surface area contributed by atoms with Crippen molar-refractivity contribution in [2.75, 3.05) is 11.6 Å². The van der Waals surface area contributed by atoms with Gasteiger partial charge < -0.3 is 15.3 Å². The zero-order valence-corrected chi connectivity index (χ0v) is 10.7. The average Bonchev–Trinajstić information content (AvgIpc) is 2.86. The fourth-order valence-corrected chi connectivity index (χ4v) is 3.59. The second-order valence-corrected chi connectivity index (χ2v) is 5.89. The van der Waals surface area contributed by atoms with Crippen LogP contribution in [0.3, 0.4) is 0 Å². The van der Waals surface area contributed by atoms with Crippen LogP contribution >= 0.6 is 11.8 Å². The molecule has 2 fully saturated rings. The molecular formula is C11H18N2O3S. The summed E-state index contributed by atoms with van der Waals surface area (Å²) in [5.74, 6) is 0.711. The van der Waals surface area contributed by atoms with Crippen LogP contribution in [0.1, 0.15) is 26.2 Å². The minimum Gasteiger partial charge on any atom is -0.480 e. The molecule has 0 aromatic heterocycles. The summed E-state index contributed by atoms with van der Waals surface area (Å²) in [5, 5.41) is 11.9. The van der Waals surface area contributed by atoms with E-state index in [9.17, 15) is 9.59 Å². The molecular weight excluding hydrogens is 240 g/mol. The van der Waals surface area contributed by atoms with Crippen molar-refractivity contribution in [3.63, 3.8) is 0 Å². The smallest absolute Gasteiger partial charge is 0.327 e. The summed E-state index contributed by atoms with van der Waals surface area (Å²) in [4.78, 5) is 24.4. The molecule has 2 rings (SSSR count). The third-order valence-electron chi connectivity index (χ3n) is 3.45. The highest BCUT2D eigenvalue weighted by Gasteiger charge is 2.35. The molecule has 0 spiro atoms. The van der Waals surface area contributed by atoms with Crippen molar-refractivity contribution in [1.29, 1.82) is 0 Å². The van der Waals surface area contributed by atoms with E-state index in [1.54, 1.807) is 0 Å². The van der Waals surface area contributed by atoms with Crippen molar-refractivity contribution in [2.45, 2.75) is 38.3 Å². The van der Waals surface area contributed by atoms with Crippen LogP contribution in [0, 0.1) is 5.92 Å². The van der Waals surface area contributed by atoms with E-state index in [-0.39, 0.29) is 12.1 Å². The van der Waals surface area contributed by atoms with Gasteiger partial charge in [-0.05, 0) is 25.2 Å². The number of aliphatic carboxylic acids is 1. The molecule has 1 saturated heterocycles. The van der Waals surface area contributed by atoms with E-state index in [0.29, 0.717) is 17.5 Å². The standard InChI is InChI=1S/C11H18N2O3S/c1-7-2-3-8(4-7)12-11(16)13-6-17-5-9(13)10(14)15/h7-9H,2-6H2,1H3,(H,12,16)(H,14,15)/t7?,8?,9-/m0/s1. The van der Waals surface area contributed by atoms with Crippen molar-refractivity contribution in [2.24, 2.45) is 5.92 Å². The highest BCUT2D eigenvalue weighted by Crippen LogP contribution is 2.26. The van der Waals surface area contributed by atoms with E-state index in [4.69, 9.17) is 5.11 Å². The van der Waals surface area contributed by atoms with E-state index >= 15 is 0 Å². The number of hydrogen-bond acceptors (Lipinski definition) is 3. The van der Waals surface area contributed by atoms with Crippen LogP contribution in [0.15, 0.2) is 0 Å². The molecule has 17 heavy (non-hydrogen) atoms. The number of carboxylic acid groups (broad SMARTS) is 1. The lowest BCUT2D eigenvalue weighted by Crippen LogP contribution is -2.49. The van der Waals surface area contributed by atoms with Gasteiger partial charge >= 0.3 is 12.0 Å². The summed E-state index contributed by atoms with van der Waals surface area (Å²) < 4.78 is 0. The van der Waals surface area contributed by atoms with Crippen molar-refractivity contribution in [3.8, 4) is 0 Å². The van der Waals surface area contributed by atoms with Gasteiger partial charge in [0.25, 0.3) is 0 Å². The molecule has 0 bridgehead atoms. The molecule has 0 aromatic rings. The van der Waals surface area contributed by atoms with Crippen molar-refractivity contribution < 1.29 is 14.7 Å². The Morgan fingerprint density at radius 2 is 2.18 bits per heavy atom. The molecule has 1 heterocycles. The van der Waals surface area contributed by atoms with Crippen LogP contribution in [0.5, 0.6) is 0 Å². The first kappa shape index (κ1) is 12.5. The van der Waals surface area contributed by atoms with Crippen LogP contribution < -0.4 is 5.32 Å². The second-order valence-electron chi connectivity index (χ2n) is 4.89. The van der Waals surface area contributed by atoms with Gasteiger partial charge in [-0.2, -0.15) is 0 Å². The maximum atomic E-state index is 12.0. The topological polar surface area (TPSA) is 69.6 Å². The first-order valence-electron chi connectivity index (χ1n) is 5.95. The number of rotatable bonds is 2. The summed E-state index contributed by atoms with van der Waals surface area (Å²) in [6, 6.07) is -0.669. The minimum atomic E-state index is -0.912. The average molecular weight is 258 g/mol. The third-order valence-corrected chi connectivity index (χ3v) is 4.46. The van der Waals surface area contributed by atoms with Crippen LogP contribution in [-0.2, 0) is 4.79 Å². The Hall–Kier alpha value is -0.910. The maximum Gasteiger partial charge on any atom is 0.327 e. The molecule has 2 aliphatic rings. The molecule has 0 aromatic carbocycles. The monoisotopic (exact) mass is 258 g/mol. The number of carboxylic acids is 1. The fraction of sp³-hybridized carbons (Fsp3) is 0.818. The first-order chi connectivity index (χ1) is 8.08. The molecule has 1 aliphatic heterocycles. The zero-order valence-electron chi connectivity index (χ0n) is 9.89. The van der Waals surface area contributed by atoms with Gasteiger partial charge in [-0.3, -0.25) is 0 Å². The molecule has 2 unspecified atom stereocenters. The summed E-state index contributed by atoms with van der Waals surface area (Å²) in [5.41, 5.74) is 0. The maximum absolute atomic E-state index is 12.0. The van der Waals surface area contributed by atoms with E-state index in [1.807, 2.05) is 0 Å². The van der Waals surface area contributed by atoms with E-state index in [1.165, 1.54) is 16.7 Å². The zero-order chi connectivity index (χ0) is 12.4. The number of carbonyl (C=O) groups excluding carboxylic acids is 1. The van der Waals surface area contributed by atoms with Crippen LogP contribution in [0.25, 0.3) is 0 Å². The lowest BCUT2D eigenvalue weighted by atomic mass is 10.1. The Bertz CT molecular complexity index is 324. The van der Waals surface area contributed by atoms with Gasteiger partial charge in [0.2, 0.25) is 0 Å². The van der Waals surface area contributed by atoms with Gasteiger partial charge in [-0.1, -0.05) is 6.92 Å². The quantitative estimate of drug-likeness (QED) is 0.784. The predicted octanol–water partition coefficient (Wildman–Crippen LogP) is 1.34. The van der Waals surface area contributed by atoms with Crippen LogP contribution in [0.4, 0.5) is 4.79 Å². The number of nitrogens with one attached hydrogen (secondary N) is 1. The predicted molar refractivity (Wildman–Crippen MR) is 65.9 cm³/mol.